The van der Waals surface area contributed by atoms with Gasteiger partial charge in [-0.05, 0) is 18.3 Å². The van der Waals surface area contributed by atoms with Crippen LogP contribution in [-0.2, 0) is 0 Å². The highest BCUT2D eigenvalue weighted by atomic mass is 19.3. The summed E-state index contributed by atoms with van der Waals surface area (Å²) in [6.45, 7) is 3.81. The summed E-state index contributed by atoms with van der Waals surface area (Å²) in [6, 6.07) is 0. The minimum atomic E-state index is -2.38. The lowest BCUT2D eigenvalue weighted by Gasteiger charge is -2.30. The van der Waals surface area contributed by atoms with Crippen molar-refractivity contribution in [1.29, 1.82) is 0 Å². The minimum Gasteiger partial charge on any atom is -0.207 e. The molecule has 60 valence electrons. The van der Waals surface area contributed by atoms with Crippen LogP contribution < -0.4 is 0 Å². The number of halogens is 2. The average molecular weight is 148 g/mol. The molecule has 2 unspecified atom stereocenters. The molecule has 1 aliphatic carbocycles. The van der Waals surface area contributed by atoms with Gasteiger partial charge in [0, 0.05) is 12.8 Å². The molecular weight excluding hydrogens is 134 g/mol. The first kappa shape index (κ1) is 7.96. The van der Waals surface area contributed by atoms with E-state index in [9.17, 15) is 8.78 Å². The standard InChI is InChI=1S/C8H14F2/c1-6-3-7(2)5-8(9,10)4-6/h6-7H,3-5H2,1-2H3. The van der Waals surface area contributed by atoms with Crippen molar-refractivity contribution in [1.82, 2.24) is 0 Å². The number of rotatable bonds is 0. The smallest absolute Gasteiger partial charge is 0.207 e. The Labute approximate surface area is 60.6 Å². The molecule has 1 fully saturated rings. The summed E-state index contributed by atoms with van der Waals surface area (Å²) in [4.78, 5) is 0. The van der Waals surface area contributed by atoms with Crippen LogP contribution in [0.3, 0.4) is 0 Å². The van der Waals surface area contributed by atoms with Crippen molar-refractivity contribution in [2.45, 2.75) is 39.0 Å². The molecule has 0 aromatic carbocycles. The van der Waals surface area contributed by atoms with Crippen molar-refractivity contribution in [3.63, 3.8) is 0 Å². The Morgan fingerprint density at radius 1 is 1.10 bits per heavy atom. The van der Waals surface area contributed by atoms with Gasteiger partial charge in [0.25, 0.3) is 0 Å². The second kappa shape index (κ2) is 2.48. The Morgan fingerprint density at radius 3 is 1.80 bits per heavy atom. The van der Waals surface area contributed by atoms with Crippen molar-refractivity contribution in [3.8, 4) is 0 Å². The van der Waals surface area contributed by atoms with Gasteiger partial charge in [0.15, 0.2) is 0 Å². The van der Waals surface area contributed by atoms with Gasteiger partial charge in [-0.2, -0.15) is 0 Å². The van der Waals surface area contributed by atoms with Crippen LogP contribution in [0.5, 0.6) is 0 Å². The normalized spacial score (nSPS) is 39.6. The van der Waals surface area contributed by atoms with Crippen LogP contribution in [0.15, 0.2) is 0 Å². The highest BCUT2D eigenvalue weighted by Crippen LogP contribution is 2.39. The second-order valence-corrected chi connectivity index (χ2v) is 3.71. The van der Waals surface area contributed by atoms with Crippen LogP contribution in [0.25, 0.3) is 0 Å². The quantitative estimate of drug-likeness (QED) is 0.495. The Kier molecular flexibility index (Phi) is 1.97. The maximum absolute atomic E-state index is 12.7. The summed E-state index contributed by atoms with van der Waals surface area (Å²) in [5.41, 5.74) is 0. The number of hydrogen-bond acceptors (Lipinski definition) is 0. The minimum absolute atomic E-state index is 0.0946. The number of alkyl halides is 2. The SMILES string of the molecule is CC1CC(C)CC(F)(F)C1. The number of hydrogen-bond donors (Lipinski definition) is 0. The summed E-state index contributed by atoms with van der Waals surface area (Å²) < 4.78 is 25.4. The molecule has 0 N–H and O–H groups in total. The predicted octanol–water partition coefficient (Wildman–Crippen LogP) is 3.08. The molecule has 0 amide bonds. The van der Waals surface area contributed by atoms with Gasteiger partial charge in [-0.15, -0.1) is 0 Å². The molecule has 0 aromatic heterocycles. The molecule has 0 bridgehead atoms. The molecule has 0 radical (unpaired) electrons. The third kappa shape index (κ3) is 1.93. The summed E-state index contributed by atoms with van der Waals surface area (Å²) >= 11 is 0. The molecule has 1 rings (SSSR count). The third-order valence-electron chi connectivity index (χ3n) is 2.10. The van der Waals surface area contributed by atoms with E-state index >= 15 is 0 Å². The first-order valence-corrected chi connectivity index (χ1v) is 3.87. The van der Waals surface area contributed by atoms with Crippen molar-refractivity contribution in [3.05, 3.63) is 0 Å². The van der Waals surface area contributed by atoms with Crippen LogP contribution in [0.4, 0.5) is 8.78 Å². The zero-order chi connectivity index (χ0) is 7.78. The lowest BCUT2D eigenvalue weighted by Crippen LogP contribution is -2.29. The maximum atomic E-state index is 12.7. The van der Waals surface area contributed by atoms with E-state index in [1.54, 1.807) is 0 Å². The third-order valence-corrected chi connectivity index (χ3v) is 2.10. The molecule has 2 heteroatoms. The topological polar surface area (TPSA) is 0 Å². The summed E-state index contributed by atoms with van der Waals surface area (Å²) in [5, 5.41) is 0. The molecule has 2 atom stereocenters. The highest BCUT2D eigenvalue weighted by molar-refractivity contribution is 4.79. The summed E-state index contributed by atoms with van der Waals surface area (Å²) in [5.74, 6) is -1.96. The van der Waals surface area contributed by atoms with Gasteiger partial charge in [0.1, 0.15) is 0 Å². The Morgan fingerprint density at radius 2 is 1.50 bits per heavy atom. The van der Waals surface area contributed by atoms with Crippen molar-refractivity contribution in [2.24, 2.45) is 11.8 Å². The van der Waals surface area contributed by atoms with Crippen LogP contribution in [0.2, 0.25) is 0 Å². The lowest BCUT2D eigenvalue weighted by atomic mass is 9.81. The first-order valence-electron chi connectivity index (χ1n) is 3.87. The van der Waals surface area contributed by atoms with Crippen LogP contribution >= 0.6 is 0 Å². The molecule has 0 heterocycles. The van der Waals surface area contributed by atoms with Gasteiger partial charge in [0.2, 0.25) is 5.92 Å². The average Bonchev–Trinajstić information content (AvgIpc) is 1.54. The zero-order valence-corrected chi connectivity index (χ0v) is 6.53. The van der Waals surface area contributed by atoms with Gasteiger partial charge in [-0.1, -0.05) is 13.8 Å². The Balaban J connectivity index is 2.51. The van der Waals surface area contributed by atoms with Crippen molar-refractivity contribution < 1.29 is 8.78 Å². The molecule has 0 aromatic rings. The molecule has 0 nitrogen and oxygen atoms in total. The summed E-state index contributed by atoms with van der Waals surface area (Å²) in [7, 11) is 0. The maximum Gasteiger partial charge on any atom is 0.248 e. The van der Waals surface area contributed by atoms with Crippen LogP contribution in [0, 0.1) is 11.8 Å². The first-order chi connectivity index (χ1) is 4.49. The fourth-order valence-electron chi connectivity index (χ4n) is 1.96. The monoisotopic (exact) mass is 148 g/mol. The van der Waals surface area contributed by atoms with Gasteiger partial charge in [0.05, 0.1) is 0 Å². The van der Waals surface area contributed by atoms with E-state index < -0.39 is 5.92 Å². The van der Waals surface area contributed by atoms with Crippen molar-refractivity contribution >= 4 is 0 Å². The van der Waals surface area contributed by atoms with Gasteiger partial charge in [-0.3, -0.25) is 0 Å². The van der Waals surface area contributed by atoms with Crippen LogP contribution in [-0.4, -0.2) is 5.92 Å². The largest absolute Gasteiger partial charge is 0.248 e. The molecule has 1 aliphatic rings. The highest BCUT2D eigenvalue weighted by Gasteiger charge is 2.37. The molecule has 0 saturated heterocycles. The van der Waals surface area contributed by atoms with E-state index in [1.807, 2.05) is 13.8 Å². The van der Waals surface area contributed by atoms with Crippen LogP contribution in [0.1, 0.15) is 33.1 Å². The Bertz CT molecular complexity index is 108. The second-order valence-electron chi connectivity index (χ2n) is 3.71. The molecule has 0 spiro atoms. The Hall–Kier alpha value is -0.140. The van der Waals surface area contributed by atoms with E-state index in [0.29, 0.717) is 0 Å². The summed E-state index contributed by atoms with van der Waals surface area (Å²) in [6.07, 6.45) is 1.16. The van der Waals surface area contributed by atoms with Gasteiger partial charge in [-0.25, -0.2) is 8.78 Å². The van der Waals surface area contributed by atoms with E-state index in [-0.39, 0.29) is 24.7 Å². The van der Waals surface area contributed by atoms with E-state index in [4.69, 9.17) is 0 Å². The van der Waals surface area contributed by atoms with Gasteiger partial charge < -0.3 is 0 Å². The van der Waals surface area contributed by atoms with Gasteiger partial charge >= 0.3 is 0 Å². The molecule has 1 saturated carbocycles. The lowest BCUT2D eigenvalue weighted by molar-refractivity contribution is -0.0661. The molecular formula is C8H14F2. The fourth-order valence-corrected chi connectivity index (χ4v) is 1.96. The van der Waals surface area contributed by atoms with E-state index in [1.165, 1.54) is 0 Å². The fraction of sp³-hybridized carbons (Fsp3) is 1.00. The molecule has 10 heavy (non-hydrogen) atoms. The van der Waals surface area contributed by atoms with E-state index in [2.05, 4.69) is 0 Å². The predicted molar refractivity (Wildman–Crippen MR) is 37.1 cm³/mol. The molecule has 0 aliphatic heterocycles. The zero-order valence-electron chi connectivity index (χ0n) is 6.53. The van der Waals surface area contributed by atoms with E-state index in [0.717, 1.165) is 6.42 Å². The van der Waals surface area contributed by atoms with Crippen molar-refractivity contribution in [2.75, 3.05) is 0 Å².